The lowest BCUT2D eigenvalue weighted by Crippen LogP contribution is -2.44. The Kier molecular flexibility index (Phi) is 6.24. The van der Waals surface area contributed by atoms with Gasteiger partial charge in [0, 0.05) is 52.6 Å². The van der Waals surface area contributed by atoms with E-state index in [4.69, 9.17) is 4.74 Å². The summed E-state index contributed by atoms with van der Waals surface area (Å²) in [5.74, 6) is -1.17. The molecule has 0 atom stereocenters. The number of para-hydroxylation sites is 1. The predicted molar refractivity (Wildman–Crippen MR) is 141 cm³/mol. The number of benzene rings is 2. The van der Waals surface area contributed by atoms with Crippen LogP contribution in [-0.2, 0) is 15.8 Å². The fourth-order valence-electron chi connectivity index (χ4n) is 6.35. The van der Waals surface area contributed by atoms with Crippen LogP contribution in [0.25, 0.3) is 0 Å². The number of rotatable bonds is 3. The minimum Gasteiger partial charge on any atom is -0.504 e. The Morgan fingerprint density at radius 3 is 1.92 bits per heavy atom. The van der Waals surface area contributed by atoms with E-state index in [1.54, 1.807) is 29.2 Å². The molecule has 0 saturated heterocycles. The molecular weight excluding hydrogens is 507 g/mol. The van der Waals surface area contributed by atoms with Gasteiger partial charge in [0.1, 0.15) is 0 Å². The van der Waals surface area contributed by atoms with E-state index in [2.05, 4.69) is 0 Å². The summed E-state index contributed by atoms with van der Waals surface area (Å²) in [6.07, 6.45) is -3.30. The van der Waals surface area contributed by atoms with Crippen molar-refractivity contribution in [3.8, 4) is 11.5 Å². The highest BCUT2D eigenvalue weighted by molar-refractivity contribution is 6.08. The van der Waals surface area contributed by atoms with E-state index in [0.717, 1.165) is 12.1 Å². The Balaban J connectivity index is 1.86. The zero-order valence-corrected chi connectivity index (χ0v) is 22.7. The second kappa shape index (κ2) is 9.00. The Morgan fingerprint density at radius 2 is 1.41 bits per heavy atom. The van der Waals surface area contributed by atoms with E-state index in [9.17, 15) is 27.9 Å². The number of phenols is 1. The first kappa shape index (κ1) is 27.0. The van der Waals surface area contributed by atoms with Crippen LogP contribution in [0.4, 0.5) is 18.9 Å². The quantitative estimate of drug-likeness (QED) is 0.443. The number of nitrogens with zero attached hydrogens (tertiary/aromatic N) is 1. The van der Waals surface area contributed by atoms with Gasteiger partial charge >= 0.3 is 6.18 Å². The lowest BCUT2D eigenvalue weighted by Gasteiger charge is -2.49. The molecule has 2 aliphatic carbocycles. The number of allylic oxidation sites excluding steroid dienone is 4. The summed E-state index contributed by atoms with van der Waals surface area (Å²) in [5.41, 5.74) is 0.766. The predicted octanol–water partition coefficient (Wildman–Crippen LogP) is 7.31. The number of anilines is 1. The van der Waals surface area contributed by atoms with E-state index in [1.807, 2.05) is 27.7 Å². The van der Waals surface area contributed by atoms with Gasteiger partial charge < -0.3 is 14.7 Å². The van der Waals surface area contributed by atoms with Crippen molar-refractivity contribution in [1.29, 1.82) is 0 Å². The highest BCUT2D eigenvalue weighted by atomic mass is 19.4. The van der Waals surface area contributed by atoms with Crippen molar-refractivity contribution in [2.24, 2.45) is 10.8 Å². The van der Waals surface area contributed by atoms with Crippen LogP contribution >= 0.6 is 0 Å². The first-order valence-electron chi connectivity index (χ1n) is 13.0. The number of carbonyl (C=O) groups is 2. The van der Waals surface area contributed by atoms with Crippen molar-refractivity contribution in [3.63, 3.8) is 0 Å². The van der Waals surface area contributed by atoms with Gasteiger partial charge in [0.2, 0.25) is 0 Å². The molecule has 206 valence electrons. The molecule has 0 bridgehead atoms. The van der Waals surface area contributed by atoms with Crippen molar-refractivity contribution in [3.05, 3.63) is 76.1 Å². The highest BCUT2D eigenvalue weighted by Crippen LogP contribution is 2.57. The molecule has 0 amide bonds. The summed E-state index contributed by atoms with van der Waals surface area (Å²) in [4.78, 5) is 29.5. The molecule has 5 rings (SSSR count). The lowest BCUT2D eigenvalue weighted by molar-refractivity contribution is -0.137. The SMILES string of the molecule is COc1cccc(C2C3=C(CC(C)(C)CC3=O)N(c3cccc(C(F)(F)F)c3)C3=C2C(=O)CC(C)(C)C3)c1O. The van der Waals surface area contributed by atoms with Gasteiger partial charge in [-0.1, -0.05) is 45.9 Å². The molecule has 0 spiro atoms. The molecule has 0 radical (unpaired) electrons. The molecular formula is C31H32F3NO4. The Hall–Kier alpha value is -3.55. The molecule has 2 aromatic rings. The lowest BCUT2D eigenvalue weighted by atomic mass is 9.63. The molecule has 5 nitrogen and oxygen atoms in total. The minimum absolute atomic E-state index is 0.161. The number of carbonyl (C=O) groups excluding carboxylic acids is 2. The second-order valence-corrected chi connectivity index (χ2v) is 12.3. The summed E-state index contributed by atoms with van der Waals surface area (Å²) >= 11 is 0. The maximum absolute atomic E-state index is 13.9. The van der Waals surface area contributed by atoms with Crippen LogP contribution in [0.5, 0.6) is 11.5 Å². The zero-order valence-electron chi connectivity index (χ0n) is 22.7. The number of hydrogen-bond donors (Lipinski definition) is 1. The molecule has 0 aromatic heterocycles. The van der Waals surface area contributed by atoms with E-state index >= 15 is 0 Å². The Bertz CT molecular complexity index is 1390. The van der Waals surface area contributed by atoms with Gasteiger partial charge in [-0.15, -0.1) is 0 Å². The van der Waals surface area contributed by atoms with E-state index in [0.29, 0.717) is 40.9 Å². The molecule has 2 aromatic carbocycles. The van der Waals surface area contributed by atoms with Gasteiger partial charge in [0.25, 0.3) is 0 Å². The standard InChI is InChI=1S/C31H32F3NO4/c1-29(2)13-20-26(22(36)15-29)25(19-10-7-11-24(39-5)28(19)38)27-21(14-30(3,4)16-23(27)37)35(20)18-9-6-8-17(12-18)31(32,33)34/h6-12,25,38H,13-16H2,1-5H3. The molecule has 8 heteroatoms. The number of aromatic hydroxyl groups is 1. The molecule has 1 N–H and O–H groups in total. The maximum Gasteiger partial charge on any atom is 0.416 e. The van der Waals surface area contributed by atoms with Gasteiger partial charge in [-0.3, -0.25) is 9.59 Å². The third-order valence-electron chi connectivity index (χ3n) is 7.90. The smallest absolute Gasteiger partial charge is 0.416 e. The summed E-state index contributed by atoms with van der Waals surface area (Å²) in [6.45, 7) is 7.82. The van der Waals surface area contributed by atoms with Gasteiger partial charge in [0.05, 0.1) is 12.7 Å². The van der Waals surface area contributed by atoms with E-state index in [1.165, 1.54) is 13.2 Å². The fraction of sp³-hybridized carbons (Fsp3) is 0.419. The van der Waals surface area contributed by atoms with Crippen molar-refractivity contribution >= 4 is 17.3 Å². The van der Waals surface area contributed by atoms with Crippen molar-refractivity contribution in [2.45, 2.75) is 65.5 Å². The van der Waals surface area contributed by atoms with E-state index in [-0.39, 0.29) is 41.6 Å². The largest absolute Gasteiger partial charge is 0.504 e. The Morgan fingerprint density at radius 1 is 0.872 bits per heavy atom. The van der Waals surface area contributed by atoms with Crippen molar-refractivity contribution in [2.75, 3.05) is 12.0 Å². The van der Waals surface area contributed by atoms with E-state index < -0.39 is 28.5 Å². The fourth-order valence-corrected chi connectivity index (χ4v) is 6.35. The highest BCUT2D eigenvalue weighted by Gasteiger charge is 2.50. The van der Waals surface area contributed by atoms with Crippen LogP contribution in [0.1, 0.15) is 70.4 Å². The first-order chi connectivity index (χ1) is 18.1. The average Bonchev–Trinajstić information content (AvgIpc) is 2.81. The molecule has 3 aliphatic rings. The van der Waals surface area contributed by atoms with Crippen LogP contribution in [0, 0.1) is 10.8 Å². The monoisotopic (exact) mass is 539 g/mol. The normalized spacial score (nSPS) is 21.2. The maximum atomic E-state index is 13.9. The number of Topliss-reactive ketones (excluding diaryl/α,β-unsaturated/α-hetero) is 2. The summed E-state index contributed by atoms with van der Waals surface area (Å²) < 4.78 is 46.7. The van der Waals surface area contributed by atoms with Gasteiger partial charge in [-0.05, 0) is 47.9 Å². The summed E-state index contributed by atoms with van der Waals surface area (Å²) in [7, 11) is 1.42. The van der Waals surface area contributed by atoms with Crippen LogP contribution in [-0.4, -0.2) is 23.8 Å². The minimum atomic E-state index is -4.56. The molecule has 0 unspecified atom stereocenters. The second-order valence-electron chi connectivity index (χ2n) is 12.3. The van der Waals surface area contributed by atoms with Gasteiger partial charge in [-0.25, -0.2) is 0 Å². The average molecular weight is 540 g/mol. The van der Waals surface area contributed by atoms with Crippen molar-refractivity contribution in [1.82, 2.24) is 0 Å². The van der Waals surface area contributed by atoms with Crippen LogP contribution in [0.2, 0.25) is 0 Å². The molecule has 0 fully saturated rings. The molecule has 39 heavy (non-hydrogen) atoms. The van der Waals surface area contributed by atoms with Crippen LogP contribution in [0.15, 0.2) is 65.0 Å². The summed E-state index contributed by atoms with van der Waals surface area (Å²) in [5, 5.41) is 11.2. The topological polar surface area (TPSA) is 66.8 Å². The third kappa shape index (κ3) is 4.64. The van der Waals surface area contributed by atoms with Crippen LogP contribution in [0.3, 0.4) is 0 Å². The molecule has 0 saturated carbocycles. The van der Waals surface area contributed by atoms with Gasteiger partial charge in [-0.2, -0.15) is 13.2 Å². The van der Waals surface area contributed by atoms with Crippen LogP contribution < -0.4 is 9.64 Å². The first-order valence-corrected chi connectivity index (χ1v) is 13.0. The number of alkyl halides is 3. The number of methoxy groups -OCH3 is 1. The number of halogens is 3. The molecule has 1 aliphatic heterocycles. The summed E-state index contributed by atoms with van der Waals surface area (Å²) in [6, 6.07) is 10.0. The number of phenolic OH excluding ortho intramolecular Hbond substituents is 1. The third-order valence-corrected chi connectivity index (χ3v) is 7.90. The van der Waals surface area contributed by atoms with Gasteiger partial charge in [0.15, 0.2) is 23.1 Å². The number of ether oxygens (including phenoxy) is 1. The molecule has 1 heterocycles. The Labute approximate surface area is 226 Å². The number of ketones is 2. The zero-order chi connectivity index (χ0) is 28.5. The number of hydrogen-bond acceptors (Lipinski definition) is 5. The van der Waals surface area contributed by atoms with Crippen molar-refractivity contribution < 1.29 is 32.6 Å².